The van der Waals surface area contributed by atoms with Crippen molar-refractivity contribution in [1.82, 2.24) is 5.32 Å². The maximum Gasteiger partial charge on any atom is 0.326 e. The Hall–Kier alpha value is -2.57. The zero-order valence-electron chi connectivity index (χ0n) is 11.3. The molecule has 7 nitrogen and oxygen atoms in total. The molecular weight excluding hydrogens is 276 g/mol. The number of nitrogens with one attached hydrogen (secondary N) is 2. The fourth-order valence-corrected chi connectivity index (χ4v) is 2.20. The molecule has 1 atom stereocenters. The number of benzene rings is 1. The molecule has 1 heterocycles. The number of fused-ring (bicyclic) bond motifs is 1. The van der Waals surface area contributed by atoms with Gasteiger partial charge in [-0.3, -0.25) is 9.59 Å². The van der Waals surface area contributed by atoms with Gasteiger partial charge in [-0.05, 0) is 30.5 Å². The zero-order chi connectivity index (χ0) is 15.4. The van der Waals surface area contributed by atoms with Gasteiger partial charge in [0.25, 0.3) is 5.91 Å². The summed E-state index contributed by atoms with van der Waals surface area (Å²) in [6.45, 7) is 0.816. The summed E-state index contributed by atoms with van der Waals surface area (Å²) >= 11 is 0. The van der Waals surface area contributed by atoms with E-state index in [-0.39, 0.29) is 12.8 Å². The Morgan fingerprint density at radius 2 is 2.05 bits per heavy atom. The lowest BCUT2D eigenvalue weighted by Gasteiger charge is -2.14. The number of hydrogen-bond donors (Lipinski definition) is 4. The molecule has 1 aromatic carbocycles. The number of carbonyl (C=O) groups is 3. The van der Waals surface area contributed by atoms with Gasteiger partial charge < -0.3 is 20.8 Å². The van der Waals surface area contributed by atoms with Gasteiger partial charge in [0, 0.05) is 24.2 Å². The van der Waals surface area contributed by atoms with Gasteiger partial charge in [-0.2, -0.15) is 0 Å². The number of aliphatic carboxylic acids is 2. The van der Waals surface area contributed by atoms with Gasteiger partial charge in [0.05, 0.1) is 0 Å². The molecule has 1 aromatic rings. The third-order valence-electron chi connectivity index (χ3n) is 3.33. The van der Waals surface area contributed by atoms with E-state index < -0.39 is 23.9 Å². The molecule has 0 fully saturated rings. The van der Waals surface area contributed by atoms with Gasteiger partial charge in [0.1, 0.15) is 6.04 Å². The second kappa shape index (κ2) is 6.25. The van der Waals surface area contributed by atoms with E-state index in [1.165, 1.54) is 0 Å². The Labute approximate surface area is 121 Å². The Balaban J connectivity index is 2.04. The van der Waals surface area contributed by atoms with Crippen LogP contribution in [0.15, 0.2) is 18.2 Å². The maximum absolute atomic E-state index is 12.1. The first-order chi connectivity index (χ1) is 9.97. The monoisotopic (exact) mass is 292 g/mol. The van der Waals surface area contributed by atoms with Crippen molar-refractivity contribution in [3.8, 4) is 0 Å². The average molecular weight is 292 g/mol. The molecule has 1 unspecified atom stereocenters. The molecule has 0 aromatic heterocycles. The van der Waals surface area contributed by atoms with Crippen LogP contribution in [0.25, 0.3) is 0 Å². The SMILES string of the molecule is O=C(O)CCC(NC(=O)c1ccc2c(c1)NCC2)C(=O)O. The smallest absolute Gasteiger partial charge is 0.326 e. The second-order valence-electron chi connectivity index (χ2n) is 4.85. The van der Waals surface area contributed by atoms with Gasteiger partial charge in [0.15, 0.2) is 0 Å². The van der Waals surface area contributed by atoms with Gasteiger partial charge >= 0.3 is 11.9 Å². The number of carboxylic acids is 2. The first kappa shape index (κ1) is 14.8. The summed E-state index contributed by atoms with van der Waals surface area (Å²) in [6, 6.07) is 3.93. The van der Waals surface area contributed by atoms with Crippen LogP contribution in [-0.2, 0) is 16.0 Å². The molecule has 7 heteroatoms. The van der Waals surface area contributed by atoms with Crippen LogP contribution in [0, 0.1) is 0 Å². The van der Waals surface area contributed by atoms with Gasteiger partial charge in [-0.25, -0.2) is 4.79 Å². The predicted molar refractivity (Wildman–Crippen MR) is 74.4 cm³/mol. The summed E-state index contributed by atoms with van der Waals surface area (Å²) in [5.41, 5.74) is 2.34. The van der Waals surface area contributed by atoms with E-state index in [1.54, 1.807) is 12.1 Å². The van der Waals surface area contributed by atoms with Crippen molar-refractivity contribution in [1.29, 1.82) is 0 Å². The minimum atomic E-state index is -1.25. The first-order valence-corrected chi connectivity index (χ1v) is 6.59. The highest BCUT2D eigenvalue weighted by Gasteiger charge is 2.22. The molecule has 1 aliphatic rings. The number of carboxylic acid groups (broad SMARTS) is 2. The number of carbonyl (C=O) groups excluding carboxylic acids is 1. The van der Waals surface area contributed by atoms with Crippen molar-refractivity contribution in [2.75, 3.05) is 11.9 Å². The Bertz CT molecular complexity index is 585. The summed E-state index contributed by atoms with van der Waals surface area (Å²) in [6.07, 6.45) is 0.427. The fourth-order valence-electron chi connectivity index (χ4n) is 2.20. The lowest BCUT2D eigenvalue weighted by molar-refractivity contribution is -0.140. The quantitative estimate of drug-likeness (QED) is 0.613. The van der Waals surface area contributed by atoms with Crippen molar-refractivity contribution in [3.63, 3.8) is 0 Å². The summed E-state index contributed by atoms with van der Waals surface area (Å²) in [5.74, 6) is -2.87. The second-order valence-corrected chi connectivity index (χ2v) is 4.85. The van der Waals surface area contributed by atoms with Crippen molar-refractivity contribution in [3.05, 3.63) is 29.3 Å². The summed E-state index contributed by atoms with van der Waals surface area (Å²) < 4.78 is 0. The normalized spacial score (nSPS) is 13.9. The molecule has 0 saturated heterocycles. The van der Waals surface area contributed by atoms with Gasteiger partial charge in [-0.1, -0.05) is 6.07 Å². The van der Waals surface area contributed by atoms with Gasteiger partial charge in [-0.15, -0.1) is 0 Å². The van der Waals surface area contributed by atoms with E-state index in [9.17, 15) is 14.4 Å². The van der Waals surface area contributed by atoms with E-state index in [4.69, 9.17) is 10.2 Å². The highest BCUT2D eigenvalue weighted by molar-refractivity contribution is 5.97. The van der Waals surface area contributed by atoms with Crippen LogP contribution in [0.1, 0.15) is 28.8 Å². The molecule has 0 radical (unpaired) electrons. The highest BCUT2D eigenvalue weighted by atomic mass is 16.4. The number of amides is 1. The van der Waals surface area contributed by atoms with E-state index in [2.05, 4.69) is 10.6 Å². The molecule has 0 bridgehead atoms. The molecule has 4 N–H and O–H groups in total. The molecule has 112 valence electrons. The van der Waals surface area contributed by atoms with Crippen molar-refractivity contribution in [2.45, 2.75) is 25.3 Å². The van der Waals surface area contributed by atoms with E-state index in [0.717, 1.165) is 24.2 Å². The summed E-state index contributed by atoms with van der Waals surface area (Å²) in [5, 5.41) is 23.1. The highest BCUT2D eigenvalue weighted by Crippen LogP contribution is 2.23. The molecule has 2 rings (SSSR count). The lowest BCUT2D eigenvalue weighted by Crippen LogP contribution is -2.41. The van der Waals surface area contributed by atoms with E-state index >= 15 is 0 Å². The molecule has 0 saturated carbocycles. The molecule has 0 aliphatic carbocycles. The van der Waals surface area contributed by atoms with Crippen LogP contribution in [0.5, 0.6) is 0 Å². The minimum Gasteiger partial charge on any atom is -0.481 e. The maximum atomic E-state index is 12.1. The molecule has 1 amide bonds. The van der Waals surface area contributed by atoms with Gasteiger partial charge in [0.2, 0.25) is 0 Å². The summed E-state index contributed by atoms with van der Waals surface area (Å²) in [7, 11) is 0. The molecule has 0 spiro atoms. The van der Waals surface area contributed by atoms with Crippen LogP contribution in [0.2, 0.25) is 0 Å². The number of hydrogen-bond acceptors (Lipinski definition) is 4. The fraction of sp³-hybridized carbons (Fsp3) is 0.357. The van der Waals surface area contributed by atoms with E-state index in [1.807, 2.05) is 6.07 Å². The molecule has 21 heavy (non-hydrogen) atoms. The molecular formula is C14H16N2O5. The lowest BCUT2D eigenvalue weighted by atomic mass is 10.1. The van der Waals surface area contributed by atoms with Crippen LogP contribution in [0.3, 0.4) is 0 Å². The van der Waals surface area contributed by atoms with Crippen LogP contribution < -0.4 is 10.6 Å². The minimum absolute atomic E-state index is 0.153. The molecule has 1 aliphatic heterocycles. The van der Waals surface area contributed by atoms with E-state index in [0.29, 0.717) is 5.56 Å². The number of rotatable bonds is 6. The Morgan fingerprint density at radius 3 is 2.71 bits per heavy atom. The van der Waals surface area contributed by atoms with Crippen molar-refractivity contribution >= 4 is 23.5 Å². The van der Waals surface area contributed by atoms with Crippen LogP contribution in [-0.4, -0.2) is 40.6 Å². The Morgan fingerprint density at radius 1 is 1.29 bits per heavy atom. The topological polar surface area (TPSA) is 116 Å². The number of anilines is 1. The third kappa shape index (κ3) is 3.71. The van der Waals surface area contributed by atoms with Crippen LogP contribution >= 0.6 is 0 Å². The van der Waals surface area contributed by atoms with Crippen molar-refractivity contribution in [2.24, 2.45) is 0 Å². The zero-order valence-corrected chi connectivity index (χ0v) is 11.3. The first-order valence-electron chi connectivity index (χ1n) is 6.59. The summed E-state index contributed by atoms with van der Waals surface area (Å²) in [4.78, 5) is 33.6. The van der Waals surface area contributed by atoms with Crippen molar-refractivity contribution < 1.29 is 24.6 Å². The van der Waals surface area contributed by atoms with Crippen LogP contribution in [0.4, 0.5) is 5.69 Å². The largest absolute Gasteiger partial charge is 0.481 e. The Kier molecular flexibility index (Phi) is 4.42. The predicted octanol–water partition coefficient (Wildman–Crippen LogP) is 0.702. The standard InChI is InChI=1S/C14H16N2O5/c17-12(18)4-3-10(14(20)21)16-13(19)9-2-1-8-5-6-15-11(8)7-9/h1-2,7,10,15H,3-6H2,(H,16,19)(H,17,18)(H,20,21). The average Bonchev–Trinajstić information content (AvgIpc) is 2.89. The third-order valence-corrected chi connectivity index (χ3v) is 3.33.